The zero-order chi connectivity index (χ0) is 4.99. The molecule has 0 aliphatic heterocycles. The van der Waals surface area contributed by atoms with Gasteiger partial charge in [0.25, 0.3) is 0 Å². The second-order valence-electron chi connectivity index (χ2n) is 0.503. The smallest absolute Gasteiger partial charge is 0.245 e. The molecule has 0 aromatic rings. The number of nitrogens with zero attached hydrogens (tertiary/aromatic N) is 2. The summed E-state index contributed by atoms with van der Waals surface area (Å²) in [6.45, 7) is 0. The molecule has 0 saturated heterocycles. The van der Waals surface area contributed by atoms with E-state index in [9.17, 15) is 0 Å². The van der Waals surface area contributed by atoms with Gasteiger partial charge in [0, 0.05) is 0 Å². The number of rotatable bonds is 0. The van der Waals surface area contributed by atoms with Gasteiger partial charge in [-0.05, 0) is 11.6 Å². The van der Waals surface area contributed by atoms with Crippen LogP contribution in [0.1, 0.15) is 0 Å². The summed E-state index contributed by atoms with van der Waals surface area (Å²) in [5.41, 5.74) is 0. The standard InChI is InChI=1S/C2HClN2O/c3-2(1-4)5-6/h6H. The van der Waals surface area contributed by atoms with Crippen LogP contribution in [0.2, 0.25) is 0 Å². The second-order valence-corrected chi connectivity index (χ2v) is 0.861. The van der Waals surface area contributed by atoms with Crippen LogP contribution in [0.5, 0.6) is 0 Å². The van der Waals surface area contributed by atoms with Gasteiger partial charge in [-0.3, -0.25) is 0 Å². The Morgan fingerprint density at radius 3 is 2.50 bits per heavy atom. The predicted octanol–water partition coefficient (Wildman–Crippen LogP) is 0.536. The van der Waals surface area contributed by atoms with Crippen molar-refractivity contribution >= 4 is 16.8 Å². The van der Waals surface area contributed by atoms with E-state index in [-0.39, 0.29) is 0 Å². The predicted molar refractivity (Wildman–Crippen MR) is 20.7 cm³/mol. The summed E-state index contributed by atoms with van der Waals surface area (Å²) < 4.78 is 0. The molecule has 0 saturated carbocycles. The van der Waals surface area contributed by atoms with Gasteiger partial charge in [0.1, 0.15) is 6.07 Å². The summed E-state index contributed by atoms with van der Waals surface area (Å²) >= 11 is 4.79. The molecule has 0 aromatic heterocycles. The highest BCUT2D eigenvalue weighted by atomic mass is 35.5. The van der Waals surface area contributed by atoms with Gasteiger partial charge in [-0.1, -0.05) is 5.16 Å². The molecule has 6 heavy (non-hydrogen) atoms. The molecule has 0 aromatic carbocycles. The maximum atomic E-state index is 7.66. The Bertz CT molecular complexity index is 103. The number of hydrogen-bond acceptors (Lipinski definition) is 3. The minimum atomic E-state index is -0.449. The largest absolute Gasteiger partial charge is 0.409 e. The average Bonchev–Trinajstić information content (AvgIpc) is 1.65. The van der Waals surface area contributed by atoms with Crippen LogP contribution >= 0.6 is 11.6 Å². The lowest BCUT2D eigenvalue weighted by Gasteiger charge is -1.65. The molecule has 0 radical (unpaired) electrons. The van der Waals surface area contributed by atoms with E-state index < -0.39 is 5.17 Å². The lowest BCUT2D eigenvalue weighted by atomic mass is 10.9. The van der Waals surface area contributed by atoms with Gasteiger partial charge >= 0.3 is 0 Å². The van der Waals surface area contributed by atoms with Gasteiger partial charge in [0.05, 0.1) is 0 Å². The number of oxime groups is 1. The molecule has 0 heterocycles. The molecule has 0 fully saturated rings. The molecular weight excluding hydrogens is 103 g/mol. The SMILES string of the molecule is N#CC(Cl)=NO. The third-order valence-electron chi connectivity index (χ3n) is 0.180. The second kappa shape index (κ2) is 2.49. The topological polar surface area (TPSA) is 56.4 Å². The van der Waals surface area contributed by atoms with Crippen molar-refractivity contribution in [1.29, 1.82) is 5.26 Å². The first-order valence-electron chi connectivity index (χ1n) is 1.09. The first-order chi connectivity index (χ1) is 2.81. The number of nitriles is 1. The van der Waals surface area contributed by atoms with Crippen LogP contribution in [0, 0.1) is 11.3 Å². The zero-order valence-electron chi connectivity index (χ0n) is 2.72. The third kappa shape index (κ3) is 1.56. The third-order valence-corrected chi connectivity index (χ3v) is 0.340. The first-order valence-corrected chi connectivity index (χ1v) is 1.46. The summed E-state index contributed by atoms with van der Waals surface area (Å²) in [5.74, 6) is 0. The van der Waals surface area contributed by atoms with Crippen molar-refractivity contribution in [3.05, 3.63) is 0 Å². The summed E-state index contributed by atoms with van der Waals surface area (Å²) in [4.78, 5) is 0. The van der Waals surface area contributed by atoms with Gasteiger partial charge in [0.2, 0.25) is 5.17 Å². The van der Waals surface area contributed by atoms with Crippen molar-refractivity contribution < 1.29 is 5.21 Å². The van der Waals surface area contributed by atoms with Gasteiger partial charge in [-0.2, -0.15) is 5.26 Å². The highest BCUT2D eigenvalue weighted by molar-refractivity contribution is 6.69. The zero-order valence-corrected chi connectivity index (χ0v) is 3.48. The Morgan fingerprint density at radius 1 is 2.00 bits per heavy atom. The van der Waals surface area contributed by atoms with Crippen molar-refractivity contribution in [2.45, 2.75) is 0 Å². The van der Waals surface area contributed by atoms with Crippen LogP contribution < -0.4 is 0 Å². The van der Waals surface area contributed by atoms with Gasteiger partial charge in [-0.15, -0.1) is 0 Å². The Labute approximate surface area is 39.4 Å². The molecule has 32 valence electrons. The van der Waals surface area contributed by atoms with E-state index >= 15 is 0 Å². The van der Waals surface area contributed by atoms with Crippen LogP contribution in [0.25, 0.3) is 0 Å². The Morgan fingerprint density at radius 2 is 2.50 bits per heavy atom. The monoisotopic (exact) mass is 104 g/mol. The number of halogens is 1. The summed E-state index contributed by atoms with van der Waals surface area (Å²) in [7, 11) is 0. The Balaban J connectivity index is 3.61. The van der Waals surface area contributed by atoms with Crippen LogP contribution in [-0.4, -0.2) is 10.4 Å². The van der Waals surface area contributed by atoms with Crippen LogP contribution in [-0.2, 0) is 0 Å². The molecule has 3 nitrogen and oxygen atoms in total. The van der Waals surface area contributed by atoms with E-state index in [2.05, 4.69) is 5.16 Å². The first kappa shape index (κ1) is 5.25. The molecule has 0 atom stereocenters. The fourth-order valence-electron chi connectivity index (χ4n) is 0.0224. The summed E-state index contributed by atoms with van der Waals surface area (Å²) in [6.07, 6.45) is 0. The van der Waals surface area contributed by atoms with E-state index in [0.717, 1.165) is 0 Å². The van der Waals surface area contributed by atoms with E-state index in [1.165, 1.54) is 6.07 Å². The molecule has 0 bridgehead atoms. The Kier molecular flexibility index (Phi) is 2.17. The minimum Gasteiger partial charge on any atom is -0.409 e. The van der Waals surface area contributed by atoms with Crippen LogP contribution in [0.4, 0.5) is 0 Å². The fraction of sp³-hybridized carbons (Fsp3) is 0. The maximum absolute atomic E-state index is 7.66. The van der Waals surface area contributed by atoms with Crippen molar-refractivity contribution in [1.82, 2.24) is 0 Å². The summed E-state index contributed by atoms with van der Waals surface area (Å²) in [6, 6.07) is 1.38. The molecule has 0 aliphatic carbocycles. The lowest BCUT2D eigenvalue weighted by Crippen LogP contribution is -1.74. The molecule has 0 amide bonds. The van der Waals surface area contributed by atoms with Crippen LogP contribution in [0.3, 0.4) is 0 Å². The number of hydrogen-bond donors (Lipinski definition) is 1. The van der Waals surface area contributed by atoms with Gasteiger partial charge in [-0.25, -0.2) is 0 Å². The van der Waals surface area contributed by atoms with Crippen molar-refractivity contribution in [3.63, 3.8) is 0 Å². The van der Waals surface area contributed by atoms with Gasteiger partial charge < -0.3 is 5.21 Å². The maximum Gasteiger partial charge on any atom is 0.245 e. The molecule has 4 heteroatoms. The van der Waals surface area contributed by atoms with Crippen molar-refractivity contribution in [2.24, 2.45) is 5.16 Å². The van der Waals surface area contributed by atoms with Crippen molar-refractivity contribution in [3.8, 4) is 6.07 Å². The van der Waals surface area contributed by atoms with Crippen molar-refractivity contribution in [2.75, 3.05) is 0 Å². The van der Waals surface area contributed by atoms with E-state index in [0.29, 0.717) is 0 Å². The molecule has 1 N–H and O–H groups in total. The molecule has 0 spiro atoms. The normalized spacial score (nSPS) is 10.3. The van der Waals surface area contributed by atoms with E-state index in [4.69, 9.17) is 22.1 Å². The van der Waals surface area contributed by atoms with Gasteiger partial charge in [0.15, 0.2) is 0 Å². The molecule has 0 unspecified atom stereocenters. The Hall–Kier alpha value is -0.750. The fourth-order valence-corrected chi connectivity index (χ4v) is 0.0224. The average molecular weight is 104 g/mol. The highest BCUT2D eigenvalue weighted by Gasteiger charge is 1.81. The molecule has 0 aliphatic rings. The van der Waals surface area contributed by atoms with E-state index in [1.54, 1.807) is 0 Å². The van der Waals surface area contributed by atoms with E-state index in [1.807, 2.05) is 0 Å². The minimum absolute atomic E-state index is 0.449. The quantitative estimate of drug-likeness (QED) is 0.277. The lowest BCUT2D eigenvalue weighted by molar-refractivity contribution is 0.321. The summed E-state index contributed by atoms with van der Waals surface area (Å²) in [5, 5.41) is 17.1. The molecule has 0 rings (SSSR count). The molecular formula is C2HClN2O. The van der Waals surface area contributed by atoms with Crippen LogP contribution in [0.15, 0.2) is 5.16 Å². The highest BCUT2D eigenvalue weighted by Crippen LogP contribution is 1.76.